The van der Waals surface area contributed by atoms with Crippen LogP contribution in [0.1, 0.15) is 36.3 Å². The highest BCUT2D eigenvalue weighted by Crippen LogP contribution is 2.33. The van der Waals surface area contributed by atoms with Crippen molar-refractivity contribution in [3.05, 3.63) is 35.4 Å². The van der Waals surface area contributed by atoms with Gasteiger partial charge in [-0.25, -0.2) is 0 Å². The molecule has 1 aromatic carbocycles. The van der Waals surface area contributed by atoms with Gasteiger partial charge >= 0.3 is 5.97 Å². The van der Waals surface area contributed by atoms with Crippen LogP contribution in [0.25, 0.3) is 0 Å². The third-order valence-corrected chi connectivity index (χ3v) is 4.61. The number of hydrogen-bond donors (Lipinski definition) is 2. The number of likely N-dealkylation sites (tertiary alicyclic amines) is 1. The molecule has 1 aromatic rings. The maximum Gasteiger partial charge on any atom is 0.321 e. The van der Waals surface area contributed by atoms with Gasteiger partial charge in [0.25, 0.3) is 0 Å². The third kappa shape index (κ3) is 2.58. The summed E-state index contributed by atoms with van der Waals surface area (Å²) < 4.78 is 0. The predicted octanol–water partition coefficient (Wildman–Crippen LogP) is 1.63. The average Bonchev–Trinajstić information content (AvgIpc) is 2.80. The molecule has 2 N–H and O–H groups in total. The normalized spacial score (nSPS) is 30.1. The summed E-state index contributed by atoms with van der Waals surface area (Å²) in [5.74, 6) is -0.419. The average molecular weight is 275 g/mol. The standard InChI is InChI=1S/C16H21NO3/c18-13-8-15(16(19)20)17(10-13)9-12-6-3-5-11-4-1-2-7-14(11)12/h1-2,4,7,12-13,15,18H,3,5-6,8-10H2,(H,19,20). The van der Waals surface area contributed by atoms with Crippen molar-refractivity contribution in [2.75, 3.05) is 13.1 Å². The van der Waals surface area contributed by atoms with Crippen LogP contribution in [0.3, 0.4) is 0 Å². The van der Waals surface area contributed by atoms with Crippen LogP contribution in [-0.4, -0.2) is 46.3 Å². The first-order chi connectivity index (χ1) is 9.65. The van der Waals surface area contributed by atoms with Crippen molar-refractivity contribution in [3.8, 4) is 0 Å². The smallest absolute Gasteiger partial charge is 0.321 e. The minimum absolute atomic E-state index is 0.351. The summed E-state index contributed by atoms with van der Waals surface area (Å²) in [5.41, 5.74) is 2.76. The van der Waals surface area contributed by atoms with E-state index in [1.54, 1.807) is 0 Å². The molecule has 0 bridgehead atoms. The first-order valence-corrected chi connectivity index (χ1v) is 7.38. The first-order valence-electron chi connectivity index (χ1n) is 7.38. The molecule has 1 aliphatic carbocycles. The number of hydrogen-bond acceptors (Lipinski definition) is 3. The fraction of sp³-hybridized carbons (Fsp3) is 0.562. The summed E-state index contributed by atoms with van der Waals surface area (Å²) in [6.07, 6.45) is 3.24. The highest BCUT2D eigenvalue weighted by atomic mass is 16.4. The van der Waals surface area contributed by atoms with E-state index in [9.17, 15) is 15.0 Å². The van der Waals surface area contributed by atoms with Gasteiger partial charge in [-0.15, -0.1) is 0 Å². The maximum absolute atomic E-state index is 11.3. The number of carboxylic acids is 1. The number of aliphatic hydroxyl groups is 1. The maximum atomic E-state index is 11.3. The van der Waals surface area contributed by atoms with Gasteiger partial charge in [-0.05, 0) is 36.3 Å². The van der Waals surface area contributed by atoms with E-state index in [-0.39, 0.29) is 0 Å². The monoisotopic (exact) mass is 275 g/mol. The fourth-order valence-electron chi connectivity index (χ4n) is 3.67. The van der Waals surface area contributed by atoms with Crippen LogP contribution in [0.4, 0.5) is 0 Å². The van der Waals surface area contributed by atoms with Crippen LogP contribution in [0, 0.1) is 0 Å². The molecule has 4 heteroatoms. The van der Waals surface area contributed by atoms with Crippen molar-refractivity contribution < 1.29 is 15.0 Å². The van der Waals surface area contributed by atoms with Crippen molar-refractivity contribution in [1.29, 1.82) is 0 Å². The lowest BCUT2D eigenvalue weighted by Crippen LogP contribution is -2.39. The zero-order valence-electron chi connectivity index (χ0n) is 11.5. The van der Waals surface area contributed by atoms with Gasteiger partial charge < -0.3 is 10.2 Å². The molecule has 1 aliphatic heterocycles. The molecule has 1 heterocycles. The van der Waals surface area contributed by atoms with E-state index in [1.807, 2.05) is 4.90 Å². The summed E-state index contributed by atoms with van der Waals surface area (Å²) in [7, 11) is 0. The number of nitrogens with zero attached hydrogens (tertiary/aromatic N) is 1. The molecular weight excluding hydrogens is 254 g/mol. The number of carbonyl (C=O) groups is 1. The first kappa shape index (κ1) is 13.6. The van der Waals surface area contributed by atoms with Crippen LogP contribution < -0.4 is 0 Å². The number of aliphatic hydroxyl groups excluding tert-OH is 1. The molecule has 2 aliphatic rings. The lowest BCUT2D eigenvalue weighted by molar-refractivity contribution is -0.142. The number of aliphatic carboxylic acids is 1. The summed E-state index contributed by atoms with van der Waals surface area (Å²) >= 11 is 0. The zero-order valence-corrected chi connectivity index (χ0v) is 11.5. The van der Waals surface area contributed by atoms with Gasteiger partial charge in [0.15, 0.2) is 0 Å². The molecule has 3 atom stereocenters. The number of β-amino-alcohol motifs (C(OH)–C–C–N with tert-alkyl or cyclic N) is 1. The zero-order chi connectivity index (χ0) is 14.1. The molecule has 1 saturated heterocycles. The molecular formula is C16H21NO3. The summed E-state index contributed by atoms with van der Waals surface area (Å²) in [6.45, 7) is 1.22. The Bertz CT molecular complexity index is 502. The van der Waals surface area contributed by atoms with Crippen LogP contribution in [-0.2, 0) is 11.2 Å². The SMILES string of the molecule is O=C(O)C1CC(O)CN1CC1CCCc2ccccc21. The summed E-state index contributed by atoms with van der Waals surface area (Å²) in [6, 6.07) is 7.95. The molecule has 0 spiro atoms. The van der Waals surface area contributed by atoms with E-state index in [4.69, 9.17) is 0 Å². The second-order valence-corrected chi connectivity index (χ2v) is 5.99. The second-order valence-electron chi connectivity index (χ2n) is 5.99. The summed E-state index contributed by atoms with van der Waals surface area (Å²) in [4.78, 5) is 13.2. The molecule has 108 valence electrons. The number of aryl methyl sites for hydroxylation is 1. The Balaban J connectivity index is 1.77. The third-order valence-electron chi connectivity index (χ3n) is 4.61. The van der Waals surface area contributed by atoms with Gasteiger partial charge in [0.2, 0.25) is 0 Å². The van der Waals surface area contributed by atoms with Crippen LogP contribution in [0.5, 0.6) is 0 Å². The summed E-state index contributed by atoms with van der Waals surface area (Å²) in [5, 5.41) is 19.0. The Morgan fingerprint density at radius 2 is 2.15 bits per heavy atom. The minimum Gasteiger partial charge on any atom is -0.480 e. The van der Waals surface area contributed by atoms with Gasteiger partial charge in [-0.2, -0.15) is 0 Å². The molecule has 0 aromatic heterocycles. The molecule has 4 nitrogen and oxygen atoms in total. The van der Waals surface area contributed by atoms with E-state index in [0.717, 1.165) is 25.8 Å². The molecule has 3 unspecified atom stereocenters. The van der Waals surface area contributed by atoms with E-state index in [2.05, 4.69) is 24.3 Å². The van der Waals surface area contributed by atoms with E-state index >= 15 is 0 Å². The highest BCUT2D eigenvalue weighted by molar-refractivity contribution is 5.74. The van der Waals surface area contributed by atoms with Crippen molar-refractivity contribution in [2.24, 2.45) is 0 Å². The van der Waals surface area contributed by atoms with Crippen molar-refractivity contribution in [1.82, 2.24) is 4.90 Å². The topological polar surface area (TPSA) is 60.8 Å². The molecule has 1 fully saturated rings. The Labute approximate surface area is 119 Å². The van der Waals surface area contributed by atoms with Crippen molar-refractivity contribution in [3.63, 3.8) is 0 Å². The lowest BCUT2D eigenvalue weighted by Gasteiger charge is -2.31. The van der Waals surface area contributed by atoms with Gasteiger partial charge in [0.1, 0.15) is 6.04 Å². The molecule has 3 rings (SSSR count). The Kier molecular flexibility index (Phi) is 3.76. The molecule has 20 heavy (non-hydrogen) atoms. The van der Waals surface area contributed by atoms with Gasteiger partial charge in [0, 0.05) is 19.5 Å². The Morgan fingerprint density at radius 1 is 1.35 bits per heavy atom. The number of benzene rings is 1. The van der Waals surface area contributed by atoms with E-state index in [1.165, 1.54) is 11.1 Å². The van der Waals surface area contributed by atoms with Crippen molar-refractivity contribution in [2.45, 2.75) is 43.7 Å². The molecule has 0 amide bonds. The largest absolute Gasteiger partial charge is 0.480 e. The van der Waals surface area contributed by atoms with Crippen molar-refractivity contribution >= 4 is 5.97 Å². The fourth-order valence-corrected chi connectivity index (χ4v) is 3.67. The van der Waals surface area contributed by atoms with E-state index < -0.39 is 18.1 Å². The number of fused-ring (bicyclic) bond motifs is 1. The van der Waals surface area contributed by atoms with Crippen LogP contribution in [0.15, 0.2) is 24.3 Å². The highest BCUT2D eigenvalue weighted by Gasteiger charge is 2.37. The van der Waals surface area contributed by atoms with E-state index in [0.29, 0.717) is 18.9 Å². The molecule has 0 radical (unpaired) electrons. The predicted molar refractivity (Wildman–Crippen MR) is 75.7 cm³/mol. The van der Waals surface area contributed by atoms with Gasteiger partial charge in [0.05, 0.1) is 6.10 Å². The van der Waals surface area contributed by atoms with Crippen LogP contribution in [0.2, 0.25) is 0 Å². The number of rotatable bonds is 3. The Morgan fingerprint density at radius 3 is 2.95 bits per heavy atom. The van der Waals surface area contributed by atoms with Gasteiger partial charge in [-0.1, -0.05) is 24.3 Å². The van der Waals surface area contributed by atoms with Crippen LogP contribution >= 0.6 is 0 Å². The Hall–Kier alpha value is -1.39. The molecule has 0 saturated carbocycles. The number of carboxylic acid groups (broad SMARTS) is 1. The minimum atomic E-state index is -0.814. The second kappa shape index (κ2) is 5.54. The lowest BCUT2D eigenvalue weighted by atomic mass is 9.82. The quantitative estimate of drug-likeness (QED) is 0.880. The van der Waals surface area contributed by atoms with Gasteiger partial charge in [-0.3, -0.25) is 9.69 Å².